The van der Waals surface area contributed by atoms with E-state index >= 15 is 0 Å². The van der Waals surface area contributed by atoms with Crippen molar-refractivity contribution in [2.24, 2.45) is 5.92 Å². The molecule has 1 heterocycles. The van der Waals surface area contributed by atoms with E-state index in [0.29, 0.717) is 19.5 Å². The maximum absolute atomic E-state index is 12.4. The monoisotopic (exact) mass is 362 g/mol. The molecule has 1 aromatic carbocycles. The molecule has 0 bridgehead atoms. The fourth-order valence-electron chi connectivity index (χ4n) is 3.19. The van der Waals surface area contributed by atoms with Gasteiger partial charge in [0.05, 0.1) is 13.0 Å². The molecule has 1 aliphatic heterocycles. The highest BCUT2D eigenvalue weighted by Gasteiger charge is 2.38. The van der Waals surface area contributed by atoms with E-state index in [1.165, 1.54) is 7.11 Å². The number of hydrogen-bond acceptors (Lipinski definition) is 5. The predicted molar refractivity (Wildman–Crippen MR) is 99.7 cm³/mol. The summed E-state index contributed by atoms with van der Waals surface area (Å²) in [6, 6.07) is 10.1. The summed E-state index contributed by atoms with van der Waals surface area (Å²) >= 11 is 0. The van der Waals surface area contributed by atoms with Crippen LogP contribution in [-0.2, 0) is 14.3 Å². The zero-order valence-corrected chi connectivity index (χ0v) is 16.3. The highest BCUT2D eigenvalue weighted by atomic mass is 16.6. The third-order valence-corrected chi connectivity index (χ3v) is 4.53. The van der Waals surface area contributed by atoms with Crippen molar-refractivity contribution in [1.82, 2.24) is 10.2 Å². The van der Waals surface area contributed by atoms with Gasteiger partial charge < -0.3 is 19.7 Å². The van der Waals surface area contributed by atoms with Gasteiger partial charge in [0.1, 0.15) is 5.60 Å². The van der Waals surface area contributed by atoms with Crippen LogP contribution in [-0.4, -0.2) is 48.8 Å². The summed E-state index contributed by atoms with van der Waals surface area (Å²) in [6.07, 6.45) is 0.275. The zero-order chi connectivity index (χ0) is 19.3. The molecule has 1 fully saturated rings. The van der Waals surface area contributed by atoms with Crippen LogP contribution >= 0.6 is 0 Å². The molecule has 1 amide bonds. The highest BCUT2D eigenvalue weighted by Crippen LogP contribution is 2.24. The second kappa shape index (κ2) is 8.54. The summed E-state index contributed by atoms with van der Waals surface area (Å²) < 4.78 is 10.4. The largest absolute Gasteiger partial charge is 0.469 e. The molecule has 6 heteroatoms. The Labute approximate surface area is 155 Å². The molecule has 1 aliphatic rings. The number of likely N-dealkylation sites (tertiary alicyclic amines) is 1. The molecule has 0 aromatic heterocycles. The fraction of sp³-hybridized carbons (Fsp3) is 0.600. The molecule has 26 heavy (non-hydrogen) atoms. The number of esters is 1. The number of amides is 1. The Hall–Kier alpha value is -2.08. The SMILES string of the molecule is COC(=O)[C@@H]1CN(C(=O)OC(C)(C)C)CC[C@@H]1N[C@@H](C)c1ccccc1. The Kier molecular flexibility index (Phi) is 6.64. The molecule has 0 radical (unpaired) electrons. The van der Waals surface area contributed by atoms with Gasteiger partial charge in [-0.1, -0.05) is 30.3 Å². The second-order valence-corrected chi connectivity index (χ2v) is 7.75. The average Bonchev–Trinajstić information content (AvgIpc) is 2.60. The average molecular weight is 362 g/mol. The molecule has 144 valence electrons. The van der Waals surface area contributed by atoms with Crippen molar-refractivity contribution in [3.63, 3.8) is 0 Å². The number of benzene rings is 1. The maximum atomic E-state index is 12.4. The Balaban J connectivity index is 2.06. The predicted octanol–water partition coefficient (Wildman–Crippen LogP) is 3.14. The van der Waals surface area contributed by atoms with Crippen molar-refractivity contribution in [2.75, 3.05) is 20.2 Å². The standard InChI is InChI=1S/C20H30N2O4/c1-14(15-9-7-6-8-10-15)21-17-11-12-22(13-16(17)18(23)25-5)19(24)26-20(2,3)4/h6-10,14,16-17,21H,11-13H2,1-5H3/t14-,16+,17-/m0/s1. The maximum Gasteiger partial charge on any atom is 0.410 e. The number of carbonyl (C=O) groups excluding carboxylic acids is 2. The lowest BCUT2D eigenvalue weighted by Crippen LogP contribution is -2.55. The molecular formula is C20H30N2O4. The van der Waals surface area contributed by atoms with Crippen LogP contribution in [0.5, 0.6) is 0 Å². The van der Waals surface area contributed by atoms with Gasteiger partial charge in [0.25, 0.3) is 0 Å². The molecular weight excluding hydrogens is 332 g/mol. The number of methoxy groups -OCH3 is 1. The Morgan fingerprint density at radius 1 is 1.23 bits per heavy atom. The quantitative estimate of drug-likeness (QED) is 0.834. The van der Waals surface area contributed by atoms with Crippen LogP contribution < -0.4 is 5.32 Å². The van der Waals surface area contributed by atoms with Crippen LogP contribution in [0, 0.1) is 5.92 Å². The molecule has 3 atom stereocenters. The zero-order valence-electron chi connectivity index (χ0n) is 16.3. The first-order valence-corrected chi connectivity index (χ1v) is 9.08. The number of rotatable bonds is 4. The van der Waals surface area contributed by atoms with Crippen LogP contribution in [0.25, 0.3) is 0 Å². The van der Waals surface area contributed by atoms with E-state index in [4.69, 9.17) is 9.47 Å². The summed E-state index contributed by atoms with van der Waals surface area (Å²) in [5.41, 5.74) is 0.597. The second-order valence-electron chi connectivity index (χ2n) is 7.75. The van der Waals surface area contributed by atoms with Gasteiger partial charge in [-0.05, 0) is 39.7 Å². The van der Waals surface area contributed by atoms with Crippen LogP contribution in [0.2, 0.25) is 0 Å². The van der Waals surface area contributed by atoms with Crippen molar-refractivity contribution in [1.29, 1.82) is 0 Å². The lowest BCUT2D eigenvalue weighted by atomic mass is 9.91. The van der Waals surface area contributed by atoms with E-state index in [0.717, 1.165) is 5.56 Å². The number of carbonyl (C=O) groups is 2. The number of nitrogens with zero attached hydrogens (tertiary/aromatic N) is 1. The topological polar surface area (TPSA) is 67.9 Å². The van der Waals surface area contributed by atoms with Gasteiger partial charge in [0.2, 0.25) is 0 Å². The van der Waals surface area contributed by atoms with Gasteiger partial charge in [-0.3, -0.25) is 4.79 Å². The van der Waals surface area contributed by atoms with E-state index in [-0.39, 0.29) is 24.1 Å². The van der Waals surface area contributed by atoms with Crippen LogP contribution in [0.1, 0.15) is 45.7 Å². The van der Waals surface area contributed by atoms with Crippen LogP contribution in [0.3, 0.4) is 0 Å². The van der Waals surface area contributed by atoms with Gasteiger partial charge in [-0.2, -0.15) is 0 Å². The smallest absolute Gasteiger partial charge is 0.410 e. The lowest BCUT2D eigenvalue weighted by molar-refractivity contribution is -0.148. The molecule has 0 unspecified atom stereocenters. The minimum atomic E-state index is -0.561. The Bertz CT molecular complexity index is 612. The number of hydrogen-bond donors (Lipinski definition) is 1. The first-order chi connectivity index (χ1) is 12.2. The van der Waals surface area contributed by atoms with Gasteiger partial charge in [-0.25, -0.2) is 4.79 Å². The Morgan fingerprint density at radius 2 is 1.88 bits per heavy atom. The Morgan fingerprint density at radius 3 is 2.46 bits per heavy atom. The third kappa shape index (κ3) is 5.46. The summed E-state index contributed by atoms with van der Waals surface area (Å²) in [4.78, 5) is 26.3. The van der Waals surface area contributed by atoms with Crippen molar-refractivity contribution < 1.29 is 19.1 Å². The van der Waals surface area contributed by atoms with E-state index < -0.39 is 11.5 Å². The van der Waals surface area contributed by atoms with E-state index in [1.54, 1.807) is 4.90 Å². The minimum absolute atomic E-state index is 0.0589. The summed E-state index contributed by atoms with van der Waals surface area (Å²) in [7, 11) is 1.38. The van der Waals surface area contributed by atoms with E-state index in [2.05, 4.69) is 24.4 Å². The van der Waals surface area contributed by atoms with Crippen molar-refractivity contribution in [3.05, 3.63) is 35.9 Å². The van der Waals surface area contributed by atoms with Crippen molar-refractivity contribution in [3.8, 4) is 0 Å². The summed E-state index contributed by atoms with van der Waals surface area (Å²) in [6.45, 7) is 8.40. The first-order valence-electron chi connectivity index (χ1n) is 9.08. The van der Waals surface area contributed by atoms with E-state index in [9.17, 15) is 9.59 Å². The molecule has 0 spiro atoms. The fourth-order valence-corrected chi connectivity index (χ4v) is 3.19. The molecule has 1 N–H and O–H groups in total. The molecule has 1 saturated heterocycles. The first kappa shape index (κ1) is 20.2. The molecule has 2 rings (SSSR count). The lowest BCUT2D eigenvalue weighted by Gasteiger charge is -2.39. The van der Waals surface area contributed by atoms with Crippen LogP contribution in [0.15, 0.2) is 30.3 Å². The normalized spacial score (nSPS) is 21.8. The van der Waals surface area contributed by atoms with Gasteiger partial charge >= 0.3 is 12.1 Å². The van der Waals surface area contributed by atoms with Crippen molar-refractivity contribution in [2.45, 2.75) is 51.8 Å². The number of nitrogens with one attached hydrogen (secondary N) is 1. The number of ether oxygens (including phenoxy) is 2. The number of piperidine rings is 1. The van der Waals surface area contributed by atoms with Gasteiger partial charge in [-0.15, -0.1) is 0 Å². The third-order valence-electron chi connectivity index (χ3n) is 4.53. The van der Waals surface area contributed by atoms with Gasteiger partial charge in [0.15, 0.2) is 0 Å². The molecule has 6 nitrogen and oxygen atoms in total. The molecule has 0 saturated carbocycles. The van der Waals surface area contributed by atoms with Crippen LogP contribution in [0.4, 0.5) is 4.79 Å². The molecule has 0 aliphatic carbocycles. The van der Waals surface area contributed by atoms with E-state index in [1.807, 2.05) is 39.0 Å². The highest BCUT2D eigenvalue weighted by molar-refractivity contribution is 5.75. The van der Waals surface area contributed by atoms with Crippen molar-refractivity contribution >= 4 is 12.1 Å². The van der Waals surface area contributed by atoms with Gasteiger partial charge in [0, 0.05) is 25.2 Å². The molecule has 1 aromatic rings. The minimum Gasteiger partial charge on any atom is -0.469 e. The summed E-state index contributed by atoms with van der Waals surface area (Å²) in [5.74, 6) is -0.733. The summed E-state index contributed by atoms with van der Waals surface area (Å²) in [5, 5.41) is 3.53.